The lowest BCUT2D eigenvalue weighted by Gasteiger charge is -2.28. The van der Waals surface area contributed by atoms with Crippen molar-refractivity contribution in [2.75, 3.05) is 40.0 Å². The average Bonchev–Trinajstić information content (AvgIpc) is 2.83. The van der Waals surface area contributed by atoms with Gasteiger partial charge in [0.2, 0.25) is 17.7 Å². The normalized spacial score (nSPS) is 15.8. The SMILES string of the molecule is COc1cccc(CC(=O)N[C@H](Cc2ccccc2)C(=O)N2CCOCCNC(=O)CC2)c1. The van der Waals surface area contributed by atoms with Crippen LogP contribution < -0.4 is 15.4 Å². The zero-order valence-corrected chi connectivity index (χ0v) is 18.9. The molecule has 2 aromatic carbocycles. The zero-order valence-electron chi connectivity index (χ0n) is 18.9. The Kier molecular flexibility index (Phi) is 9.26. The molecule has 0 aromatic heterocycles. The zero-order chi connectivity index (χ0) is 23.5. The topological polar surface area (TPSA) is 97.0 Å². The van der Waals surface area contributed by atoms with Crippen LogP contribution in [0.1, 0.15) is 17.5 Å². The largest absolute Gasteiger partial charge is 0.497 e. The number of rotatable bonds is 7. The average molecular weight is 454 g/mol. The molecule has 2 aromatic rings. The summed E-state index contributed by atoms with van der Waals surface area (Å²) in [6.45, 7) is 1.87. The Morgan fingerprint density at radius 3 is 2.67 bits per heavy atom. The van der Waals surface area contributed by atoms with Gasteiger partial charge < -0.3 is 25.0 Å². The van der Waals surface area contributed by atoms with Gasteiger partial charge in [0, 0.05) is 32.5 Å². The van der Waals surface area contributed by atoms with Crippen LogP contribution in [0.4, 0.5) is 0 Å². The summed E-state index contributed by atoms with van der Waals surface area (Å²) < 4.78 is 10.7. The molecule has 176 valence electrons. The van der Waals surface area contributed by atoms with Crippen LogP contribution >= 0.6 is 0 Å². The lowest BCUT2D eigenvalue weighted by atomic mass is 10.0. The van der Waals surface area contributed by atoms with E-state index in [0.717, 1.165) is 11.1 Å². The second-order valence-electron chi connectivity index (χ2n) is 7.88. The molecule has 0 spiro atoms. The van der Waals surface area contributed by atoms with Crippen LogP contribution in [0.3, 0.4) is 0 Å². The van der Waals surface area contributed by atoms with Gasteiger partial charge in [0.05, 0.1) is 26.7 Å². The molecule has 8 nitrogen and oxygen atoms in total. The summed E-state index contributed by atoms with van der Waals surface area (Å²) in [4.78, 5) is 39.9. The van der Waals surface area contributed by atoms with Gasteiger partial charge in [0.25, 0.3) is 0 Å². The highest BCUT2D eigenvalue weighted by Crippen LogP contribution is 2.14. The maximum Gasteiger partial charge on any atom is 0.245 e. The number of carbonyl (C=O) groups is 3. The number of methoxy groups -OCH3 is 1. The van der Waals surface area contributed by atoms with Crippen molar-refractivity contribution in [1.82, 2.24) is 15.5 Å². The van der Waals surface area contributed by atoms with E-state index in [-0.39, 0.29) is 37.1 Å². The molecule has 33 heavy (non-hydrogen) atoms. The third-order valence-corrected chi connectivity index (χ3v) is 5.41. The Bertz CT molecular complexity index is 935. The first kappa shape index (κ1) is 24.3. The Balaban J connectivity index is 1.73. The van der Waals surface area contributed by atoms with E-state index in [1.165, 1.54) is 0 Å². The van der Waals surface area contributed by atoms with E-state index in [1.807, 2.05) is 48.5 Å². The van der Waals surface area contributed by atoms with E-state index in [2.05, 4.69) is 10.6 Å². The minimum Gasteiger partial charge on any atom is -0.497 e. The fourth-order valence-corrected chi connectivity index (χ4v) is 3.68. The molecule has 1 atom stereocenters. The van der Waals surface area contributed by atoms with E-state index in [0.29, 0.717) is 38.5 Å². The summed E-state index contributed by atoms with van der Waals surface area (Å²) in [5.41, 5.74) is 1.73. The number of hydrogen-bond donors (Lipinski definition) is 2. The number of nitrogens with zero attached hydrogens (tertiary/aromatic N) is 1. The molecule has 2 N–H and O–H groups in total. The smallest absolute Gasteiger partial charge is 0.245 e. The first-order valence-corrected chi connectivity index (χ1v) is 11.1. The monoisotopic (exact) mass is 453 g/mol. The second-order valence-corrected chi connectivity index (χ2v) is 7.88. The van der Waals surface area contributed by atoms with Crippen molar-refractivity contribution in [3.8, 4) is 5.75 Å². The van der Waals surface area contributed by atoms with Gasteiger partial charge in [-0.15, -0.1) is 0 Å². The summed E-state index contributed by atoms with van der Waals surface area (Å²) >= 11 is 0. The molecule has 0 unspecified atom stereocenters. The highest BCUT2D eigenvalue weighted by Gasteiger charge is 2.27. The van der Waals surface area contributed by atoms with Gasteiger partial charge in [-0.25, -0.2) is 0 Å². The van der Waals surface area contributed by atoms with E-state index in [1.54, 1.807) is 18.1 Å². The lowest BCUT2D eigenvalue weighted by molar-refractivity contribution is -0.137. The Labute approximate surface area is 194 Å². The van der Waals surface area contributed by atoms with Crippen LogP contribution in [-0.4, -0.2) is 68.6 Å². The molecule has 3 amide bonds. The number of ether oxygens (including phenoxy) is 2. The van der Waals surface area contributed by atoms with Crippen molar-refractivity contribution in [2.24, 2.45) is 0 Å². The molecule has 1 saturated heterocycles. The van der Waals surface area contributed by atoms with Crippen molar-refractivity contribution in [2.45, 2.75) is 25.3 Å². The Hall–Kier alpha value is -3.39. The molecule has 1 aliphatic rings. The Morgan fingerprint density at radius 2 is 1.88 bits per heavy atom. The summed E-state index contributed by atoms with van der Waals surface area (Å²) in [5, 5.41) is 5.68. The molecule has 8 heteroatoms. The van der Waals surface area contributed by atoms with Crippen molar-refractivity contribution in [1.29, 1.82) is 0 Å². The fourth-order valence-electron chi connectivity index (χ4n) is 3.68. The van der Waals surface area contributed by atoms with Gasteiger partial charge in [0.1, 0.15) is 11.8 Å². The van der Waals surface area contributed by atoms with Crippen molar-refractivity contribution in [3.63, 3.8) is 0 Å². The summed E-state index contributed by atoms with van der Waals surface area (Å²) in [5.74, 6) is 0.0606. The van der Waals surface area contributed by atoms with E-state index < -0.39 is 6.04 Å². The summed E-state index contributed by atoms with van der Waals surface area (Å²) in [7, 11) is 1.57. The minimum atomic E-state index is -0.753. The van der Waals surface area contributed by atoms with Crippen LogP contribution in [0.2, 0.25) is 0 Å². The van der Waals surface area contributed by atoms with Crippen LogP contribution in [0.5, 0.6) is 5.75 Å². The maximum absolute atomic E-state index is 13.5. The van der Waals surface area contributed by atoms with Crippen molar-refractivity contribution >= 4 is 17.7 Å². The molecule has 0 aliphatic carbocycles. The molecule has 1 fully saturated rings. The first-order chi connectivity index (χ1) is 16.0. The molecule has 0 radical (unpaired) electrons. The van der Waals surface area contributed by atoms with Gasteiger partial charge in [-0.05, 0) is 23.3 Å². The first-order valence-electron chi connectivity index (χ1n) is 11.1. The quantitative estimate of drug-likeness (QED) is 0.659. The van der Waals surface area contributed by atoms with Gasteiger partial charge in [-0.3, -0.25) is 14.4 Å². The predicted octanol–water partition coefficient (Wildman–Crippen LogP) is 1.33. The van der Waals surface area contributed by atoms with Crippen molar-refractivity contribution in [3.05, 3.63) is 65.7 Å². The lowest BCUT2D eigenvalue weighted by Crippen LogP contribution is -2.51. The summed E-state index contributed by atoms with van der Waals surface area (Å²) in [6, 6.07) is 16.1. The second kappa shape index (κ2) is 12.6. The van der Waals surface area contributed by atoms with E-state index >= 15 is 0 Å². The molecular weight excluding hydrogens is 422 g/mol. The minimum absolute atomic E-state index is 0.125. The number of nitrogens with one attached hydrogen (secondary N) is 2. The third kappa shape index (κ3) is 7.91. The Morgan fingerprint density at radius 1 is 1.09 bits per heavy atom. The third-order valence-electron chi connectivity index (χ3n) is 5.41. The van der Waals surface area contributed by atoms with E-state index in [9.17, 15) is 14.4 Å². The van der Waals surface area contributed by atoms with Crippen LogP contribution in [0, 0.1) is 0 Å². The highest BCUT2D eigenvalue weighted by atomic mass is 16.5. The number of carbonyl (C=O) groups excluding carboxylic acids is 3. The fraction of sp³-hybridized carbons (Fsp3) is 0.400. The number of benzene rings is 2. The molecule has 3 rings (SSSR count). The molecule has 1 aliphatic heterocycles. The van der Waals surface area contributed by atoms with Crippen LogP contribution in [0.25, 0.3) is 0 Å². The predicted molar refractivity (Wildman–Crippen MR) is 124 cm³/mol. The summed E-state index contributed by atoms with van der Waals surface area (Å²) in [6.07, 6.45) is 0.690. The van der Waals surface area contributed by atoms with Crippen LogP contribution in [0.15, 0.2) is 54.6 Å². The highest BCUT2D eigenvalue weighted by molar-refractivity contribution is 5.89. The van der Waals surface area contributed by atoms with Gasteiger partial charge in [-0.2, -0.15) is 0 Å². The molecular formula is C25H31N3O5. The van der Waals surface area contributed by atoms with Gasteiger partial charge in [-0.1, -0.05) is 42.5 Å². The van der Waals surface area contributed by atoms with Crippen molar-refractivity contribution < 1.29 is 23.9 Å². The van der Waals surface area contributed by atoms with Crippen LogP contribution in [-0.2, 0) is 32.0 Å². The maximum atomic E-state index is 13.5. The standard InChI is InChI=1S/C25H31N3O5/c1-32-21-9-5-8-20(16-21)18-24(30)27-22(17-19-6-3-2-4-7-19)25(31)28-12-10-23(29)26-11-14-33-15-13-28/h2-9,16,22H,10-15,17-18H2,1H3,(H,26,29)(H,27,30)/t22-/m1/s1. The van der Waals surface area contributed by atoms with Gasteiger partial charge in [0.15, 0.2) is 0 Å². The molecule has 0 saturated carbocycles. The number of hydrogen-bond acceptors (Lipinski definition) is 5. The molecule has 0 bridgehead atoms. The van der Waals surface area contributed by atoms with E-state index in [4.69, 9.17) is 9.47 Å². The molecule has 1 heterocycles. The van der Waals surface area contributed by atoms with Gasteiger partial charge >= 0.3 is 0 Å². The number of amides is 3.